The molecule has 2 rings (SSSR count). The Morgan fingerprint density at radius 3 is 2.47 bits per heavy atom. The van der Waals surface area contributed by atoms with Gasteiger partial charge >= 0.3 is 0 Å². The Bertz CT molecular complexity index is 557. The summed E-state index contributed by atoms with van der Waals surface area (Å²) >= 11 is 9.16. The smallest absolute Gasteiger partial charge is 0.129 e. The van der Waals surface area contributed by atoms with Crippen LogP contribution in [-0.2, 0) is 0 Å². The van der Waals surface area contributed by atoms with Gasteiger partial charge < -0.3 is 5.32 Å². The average Bonchev–Trinajstić information content (AvgIpc) is 2.38. The number of hydrogen-bond acceptors (Lipinski definition) is 1. The first-order valence-corrected chi connectivity index (χ1v) is 7.22. The maximum absolute atomic E-state index is 14.1. The lowest BCUT2D eigenvalue weighted by molar-refractivity contribution is 0.558. The molecule has 1 N–H and O–H groups in total. The number of nitrogens with one attached hydrogen (secondary N) is 1. The van der Waals surface area contributed by atoms with Crippen molar-refractivity contribution in [2.45, 2.75) is 13.0 Å². The van der Waals surface area contributed by atoms with E-state index in [-0.39, 0.29) is 11.9 Å². The van der Waals surface area contributed by atoms with Crippen LogP contribution in [0.3, 0.4) is 0 Å². The van der Waals surface area contributed by atoms with E-state index in [1.54, 1.807) is 6.07 Å². The molecule has 4 heteroatoms. The Hall–Kier alpha value is -0.900. The first-order valence-electron chi connectivity index (χ1n) is 6.05. The molecule has 0 amide bonds. The minimum Gasteiger partial charge on any atom is -0.306 e. The molecule has 0 spiro atoms. The van der Waals surface area contributed by atoms with Crippen LogP contribution in [0.2, 0.25) is 5.02 Å². The van der Waals surface area contributed by atoms with Crippen LogP contribution in [0.1, 0.15) is 24.1 Å². The molecule has 0 aromatic heterocycles. The van der Waals surface area contributed by atoms with Gasteiger partial charge in [0.25, 0.3) is 0 Å². The molecule has 0 heterocycles. The van der Waals surface area contributed by atoms with E-state index in [4.69, 9.17) is 11.6 Å². The zero-order valence-corrected chi connectivity index (χ0v) is 12.8. The van der Waals surface area contributed by atoms with Gasteiger partial charge in [-0.25, -0.2) is 4.39 Å². The third kappa shape index (κ3) is 3.56. The molecular weight excluding hydrogens is 329 g/mol. The molecule has 0 saturated carbocycles. The molecule has 100 valence electrons. The van der Waals surface area contributed by atoms with E-state index in [9.17, 15) is 4.39 Å². The first kappa shape index (κ1) is 14.5. The van der Waals surface area contributed by atoms with E-state index in [2.05, 4.69) is 21.2 Å². The van der Waals surface area contributed by atoms with Crippen molar-refractivity contribution in [1.82, 2.24) is 5.32 Å². The monoisotopic (exact) mass is 341 g/mol. The van der Waals surface area contributed by atoms with Crippen LogP contribution in [0.25, 0.3) is 0 Å². The van der Waals surface area contributed by atoms with Gasteiger partial charge in [-0.15, -0.1) is 0 Å². The van der Waals surface area contributed by atoms with Crippen LogP contribution < -0.4 is 5.32 Å². The maximum atomic E-state index is 14.1. The van der Waals surface area contributed by atoms with Gasteiger partial charge in [-0.05, 0) is 36.4 Å². The van der Waals surface area contributed by atoms with Crippen LogP contribution in [-0.4, -0.2) is 6.54 Å². The largest absolute Gasteiger partial charge is 0.306 e. The molecule has 0 fully saturated rings. The quantitative estimate of drug-likeness (QED) is 0.830. The summed E-state index contributed by atoms with van der Waals surface area (Å²) in [5.41, 5.74) is 1.62. The van der Waals surface area contributed by atoms with Crippen molar-refractivity contribution in [3.63, 3.8) is 0 Å². The van der Waals surface area contributed by atoms with Crippen LogP contribution >= 0.6 is 27.5 Å². The Kier molecular flexibility index (Phi) is 4.97. The predicted octanol–water partition coefficient (Wildman–Crippen LogP) is 4.94. The van der Waals surface area contributed by atoms with E-state index in [0.29, 0.717) is 10.6 Å². The van der Waals surface area contributed by atoms with Crippen molar-refractivity contribution in [3.05, 3.63) is 68.9 Å². The lowest BCUT2D eigenvalue weighted by Crippen LogP contribution is -2.22. The van der Waals surface area contributed by atoms with Crippen molar-refractivity contribution in [1.29, 1.82) is 0 Å². The number of hydrogen-bond donors (Lipinski definition) is 1. The van der Waals surface area contributed by atoms with Crippen molar-refractivity contribution in [2.75, 3.05) is 6.54 Å². The molecule has 2 aromatic carbocycles. The van der Waals surface area contributed by atoms with E-state index in [0.717, 1.165) is 16.6 Å². The molecule has 0 saturated heterocycles. The fraction of sp³-hybridized carbons (Fsp3) is 0.200. The summed E-state index contributed by atoms with van der Waals surface area (Å²) in [7, 11) is 0. The summed E-state index contributed by atoms with van der Waals surface area (Å²) in [6, 6.07) is 12.4. The second kappa shape index (κ2) is 6.51. The molecule has 0 aliphatic carbocycles. The van der Waals surface area contributed by atoms with E-state index in [1.807, 2.05) is 37.3 Å². The van der Waals surface area contributed by atoms with Gasteiger partial charge in [0.05, 0.1) is 6.04 Å². The van der Waals surface area contributed by atoms with Crippen LogP contribution in [0.15, 0.2) is 46.9 Å². The van der Waals surface area contributed by atoms with Crippen LogP contribution in [0.5, 0.6) is 0 Å². The van der Waals surface area contributed by atoms with Gasteiger partial charge in [0.2, 0.25) is 0 Å². The minimum absolute atomic E-state index is 0.171. The van der Waals surface area contributed by atoms with Crippen LogP contribution in [0, 0.1) is 5.82 Å². The Morgan fingerprint density at radius 1 is 1.21 bits per heavy atom. The molecule has 0 radical (unpaired) electrons. The highest BCUT2D eigenvalue weighted by molar-refractivity contribution is 9.10. The summed E-state index contributed by atoms with van der Waals surface area (Å²) in [4.78, 5) is 0. The summed E-state index contributed by atoms with van der Waals surface area (Å²) in [6.45, 7) is 2.75. The topological polar surface area (TPSA) is 12.0 Å². The van der Waals surface area contributed by atoms with Gasteiger partial charge in [0.1, 0.15) is 5.82 Å². The lowest BCUT2D eigenvalue weighted by atomic mass is 9.98. The van der Waals surface area contributed by atoms with Gasteiger partial charge in [0, 0.05) is 15.1 Å². The van der Waals surface area contributed by atoms with Gasteiger partial charge in [-0.1, -0.05) is 52.7 Å². The van der Waals surface area contributed by atoms with Crippen molar-refractivity contribution in [2.24, 2.45) is 0 Å². The van der Waals surface area contributed by atoms with E-state index >= 15 is 0 Å². The van der Waals surface area contributed by atoms with Gasteiger partial charge in [-0.3, -0.25) is 0 Å². The van der Waals surface area contributed by atoms with Crippen molar-refractivity contribution < 1.29 is 4.39 Å². The summed E-state index contributed by atoms with van der Waals surface area (Å²) < 4.78 is 14.8. The molecule has 1 unspecified atom stereocenters. The van der Waals surface area contributed by atoms with Crippen molar-refractivity contribution in [3.8, 4) is 0 Å². The molecule has 0 aliphatic rings. The van der Waals surface area contributed by atoms with Gasteiger partial charge in [-0.2, -0.15) is 0 Å². The third-order valence-electron chi connectivity index (χ3n) is 2.89. The van der Waals surface area contributed by atoms with Crippen molar-refractivity contribution >= 4 is 27.5 Å². The maximum Gasteiger partial charge on any atom is 0.129 e. The molecule has 0 aliphatic heterocycles. The Balaban J connectivity index is 2.41. The van der Waals surface area contributed by atoms with Crippen LogP contribution in [0.4, 0.5) is 4.39 Å². The molecular formula is C15H14BrClFN. The highest BCUT2D eigenvalue weighted by atomic mass is 79.9. The Morgan fingerprint density at radius 2 is 1.89 bits per heavy atom. The average molecular weight is 343 g/mol. The minimum atomic E-state index is -0.227. The number of benzene rings is 2. The lowest BCUT2D eigenvalue weighted by Gasteiger charge is -2.19. The first-order chi connectivity index (χ1) is 9.11. The molecule has 1 nitrogen and oxygen atoms in total. The zero-order chi connectivity index (χ0) is 13.8. The highest BCUT2D eigenvalue weighted by Crippen LogP contribution is 2.27. The summed E-state index contributed by atoms with van der Waals surface area (Å²) in [5, 5.41) is 3.97. The normalized spacial score (nSPS) is 12.4. The standard InChI is InChI=1S/C15H14BrClFN/c1-2-19-15(10-3-6-12(17)7-4-10)13-8-5-11(16)9-14(13)18/h3-9,15,19H,2H2,1H3. The second-order valence-electron chi connectivity index (χ2n) is 4.21. The third-order valence-corrected chi connectivity index (χ3v) is 3.63. The molecule has 1 atom stereocenters. The predicted molar refractivity (Wildman–Crippen MR) is 81.1 cm³/mol. The van der Waals surface area contributed by atoms with E-state index in [1.165, 1.54) is 6.07 Å². The number of halogens is 3. The fourth-order valence-corrected chi connectivity index (χ4v) is 2.46. The highest BCUT2D eigenvalue weighted by Gasteiger charge is 2.17. The zero-order valence-electron chi connectivity index (χ0n) is 10.5. The summed E-state index contributed by atoms with van der Waals surface area (Å²) in [6.07, 6.45) is 0. The number of rotatable bonds is 4. The second-order valence-corrected chi connectivity index (χ2v) is 5.56. The molecule has 0 bridgehead atoms. The summed E-state index contributed by atoms with van der Waals surface area (Å²) in [5.74, 6) is -0.227. The van der Waals surface area contributed by atoms with E-state index < -0.39 is 0 Å². The van der Waals surface area contributed by atoms with Gasteiger partial charge in [0.15, 0.2) is 0 Å². The fourth-order valence-electron chi connectivity index (χ4n) is 2.00. The Labute approximate surface area is 125 Å². The molecule has 19 heavy (non-hydrogen) atoms. The SMILES string of the molecule is CCNC(c1ccc(Cl)cc1)c1ccc(Br)cc1F. The molecule has 2 aromatic rings.